The van der Waals surface area contributed by atoms with Gasteiger partial charge < -0.3 is 5.73 Å². The molecular formula is C20H23N3. The maximum Gasteiger partial charge on any atom is 0.0767 e. The highest BCUT2D eigenvalue weighted by Crippen LogP contribution is 2.24. The molecule has 0 bridgehead atoms. The molecule has 3 heteroatoms. The molecular weight excluding hydrogens is 282 g/mol. The van der Waals surface area contributed by atoms with E-state index < -0.39 is 0 Å². The largest absolute Gasteiger partial charge is 0.325 e. The van der Waals surface area contributed by atoms with Gasteiger partial charge in [0.2, 0.25) is 0 Å². The van der Waals surface area contributed by atoms with Crippen LogP contribution in [0.3, 0.4) is 0 Å². The Morgan fingerprint density at radius 3 is 2.30 bits per heavy atom. The number of benzene rings is 2. The molecule has 2 N–H and O–H groups in total. The minimum atomic E-state index is 0.457. The van der Waals surface area contributed by atoms with Crippen molar-refractivity contribution in [2.45, 2.75) is 32.9 Å². The normalized spacial score (nSPS) is 11.1. The highest BCUT2D eigenvalue weighted by atomic mass is 15.3. The van der Waals surface area contributed by atoms with Crippen LogP contribution in [0.2, 0.25) is 0 Å². The van der Waals surface area contributed by atoms with Gasteiger partial charge in [-0.15, -0.1) is 0 Å². The van der Waals surface area contributed by atoms with Gasteiger partial charge >= 0.3 is 0 Å². The van der Waals surface area contributed by atoms with Gasteiger partial charge in [-0.25, -0.2) is 0 Å². The van der Waals surface area contributed by atoms with Crippen molar-refractivity contribution >= 4 is 0 Å². The van der Waals surface area contributed by atoms with Crippen LogP contribution in [0.25, 0.3) is 11.3 Å². The zero-order chi connectivity index (χ0) is 16.2. The second-order valence-electron chi connectivity index (χ2n) is 6.14. The van der Waals surface area contributed by atoms with Crippen molar-refractivity contribution in [2.24, 2.45) is 5.73 Å². The summed E-state index contributed by atoms with van der Waals surface area (Å²) in [6, 6.07) is 21.2. The third-order valence-electron chi connectivity index (χ3n) is 4.09. The van der Waals surface area contributed by atoms with E-state index in [1.54, 1.807) is 0 Å². The quantitative estimate of drug-likeness (QED) is 0.768. The van der Waals surface area contributed by atoms with Crippen molar-refractivity contribution < 1.29 is 0 Å². The summed E-state index contributed by atoms with van der Waals surface area (Å²) >= 11 is 0. The van der Waals surface area contributed by atoms with Crippen LogP contribution in [0.5, 0.6) is 0 Å². The average Bonchev–Trinajstić information content (AvgIpc) is 2.99. The van der Waals surface area contributed by atoms with E-state index in [0.717, 1.165) is 17.9 Å². The monoisotopic (exact) mass is 305 g/mol. The molecule has 0 unspecified atom stereocenters. The lowest BCUT2D eigenvalue weighted by atomic mass is 10.0. The fraction of sp³-hybridized carbons (Fsp3) is 0.250. The van der Waals surface area contributed by atoms with Gasteiger partial charge in [0.1, 0.15) is 0 Å². The molecule has 2 aromatic carbocycles. The lowest BCUT2D eigenvalue weighted by molar-refractivity contribution is 0.678. The molecule has 1 heterocycles. The molecule has 1 aromatic heterocycles. The summed E-state index contributed by atoms with van der Waals surface area (Å²) in [7, 11) is 0. The molecule has 0 radical (unpaired) electrons. The number of aromatic nitrogens is 2. The Kier molecular flexibility index (Phi) is 4.58. The first-order valence-corrected chi connectivity index (χ1v) is 8.08. The van der Waals surface area contributed by atoms with Crippen molar-refractivity contribution in [3.8, 4) is 11.3 Å². The number of hydrogen-bond donors (Lipinski definition) is 1. The predicted molar refractivity (Wildman–Crippen MR) is 95.2 cm³/mol. The fourth-order valence-corrected chi connectivity index (χ4v) is 2.72. The van der Waals surface area contributed by atoms with Crippen molar-refractivity contribution in [1.29, 1.82) is 0 Å². The molecule has 0 aliphatic rings. The molecule has 23 heavy (non-hydrogen) atoms. The van der Waals surface area contributed by atoms with Gasteiger partial charge in [0, 0.05) is 6.54 Å². The van der Waals surface area contributed by atoms with Gasteiger partial charge in [-0.3, -0.25) is 4.68 Å². The van der Waals surface area contributed by atoms with Gasteiger partial charge in [0.15, 0.2) is 0 Å². The molecule has 0 aliphatic heterocycles. The van der Waals surface area contributed by atoms with E-state index in [9.17, 15) is 0 Å². The number of nitrogens with zero attached hydrogens (tertiary/aromatic N) is 2. The topological polar surface area (TPSA) is 43.8 Å². The second kappa shape index (κ2) is 6.80. The summed E-state index contributed by atoms with van der Waals surface area (Å²) in [4.78, 5) is 0. The second-order valence-corrected chi connectivity index (χ2v) is 6.14. The minimum Gasteiger partial charge on any atom is -0.325 e. The van der Waals surface area contributed by atoms with E-state index >= 15 is 0 Å². The van der Waals surface area contributed by atoms with E-state index in [0.29, 0.717) is 12.5 Å². The van der Waals surface area contributed by atoms with E-state index in [4.69, 9.17) is 5.73 Å². The zero-order valence-electron chi connectivity index (χ0n) is 13.7. The van der Waals surface area contributed by atoms with E-state index in [2.05, 4.69) is 73.5 Å². The van der Waals surface area contributed by atoms with Gasteiger partial charge in [-0.1, -0.05) is 68.4 Å². The Balaban J connectivity index is 1.96. The molecule has 3 rings (SSSR count). The molecule has 0 atom stereocenters. The van der Waals surface area contributed by atoms with E-state index in [-0.39, 0.29) is 0 Å². The molecule has 3 nitrogen and oxygen atoms in total. The van der Waals surface area contributed by atoms with Gasteiger partial charge in [-0.2, -0.15) is 5.10 Å². The van der Waals surface area contributed by atoms with Crippen LogP contribution in [-0.4, -0.2) is 9.78 Å². The molecule has 0 saturated heterocycles. The summed E-state index contributed by atoms with van der Waals surface area (Å²) < 4.78 is 2.04. The van der Waals surface area contributed by atoms with Crippen LogP contribution in [-0.2, 0) is 13.1 Å². The highest BCUT2D eigenvalue weighted by molar-refractivity contribution is 5.60. The first kappa shape index (κ1) is 15.5. The third kappa shape index (κ3) is 3.51. The van der Waals surface area contributed by atoms with Crippen LogP contribution in [0.15, 0.2) is 60.7 Å². The van der Waals surface area contributed by atoms with Crippen molar-refractivity contribution in [1.82, 2.24) is 9.78 Å². The van der Waals surface area contributed by atoms with E-state index in [1.165, 1.54) is 16.7 Å². The van der Waals surface area contributed by atoms with Gasteiger partial charge in [0.05, 0.1) is 17.9 Å². The number of hydrogen-bond acceptors (Lipinski definition) is 2. The van der Waals surface area contributed by atoms with Crippen LogP contribution in [0, 0.1) is 0 Å². The number of rotatable bonds is 5. The highest BCUT2D eigenvalue weighted by Gasteiger charge is 2.10. The van der Waals surface area contributed by atoms with Gasteiger partial charge in [0.25, 0.3) is 0 Å². The molecule has 118 valence electrons. The lowest BCUT2D eigenvalue weighted by Gasteiger charge is -2.10. The zero-order valence-corrected chi connectivity index (χ0v) is 13.7. The lowest BCUT2D eigenvalue weighted by Crippen LogP contribution is -2.05. The SMILES string of the molecule is CC(C)c1ccc(-c2cc(CN)nn2Cc2ccccc2)cc1. The molecule has 0 amide bonds. The molecule has 0 saturated carbocycles. The Hall–Kier alpha value is -2.39. The summed E-state index contributed by atoms with van der Waals surface area (Å²) in [6.07, 6.45) is 0. The molecule has 3 aromatic rings. The van der Waals surface area contributed by atoms with E-state index in [1.807, 2.05) is 10.7 Å². The summed E-state index contributed by atoms with van der Waals surface area (Å²) in [6.45, 7) is 5.63. The average molecular weight is 305 g/mol. The smallest absolute Gasteiger partial charge is 0.0767 e. The molecule has 0 spiro atoms. The summed E-state index contributed by atoms with van der Waals surface area (Å²) in [5.74, 6) is 0.540. The van der Waals surface area contributed by atoms with Crippen LogP contribution in [0.1, 0.15) is 36.6 Å². The number of nitrogens with two attached hydrogens (primary N) is 1. The predicted octanol–water partition coefficient (Wildman–Crippen LogP) is 4.18. The first-order chi connectivity index (χ1) is 11.2. The third-order valence-corrected chi connectivity index (χ3v) is 4.09. The van der Waals surface area contributed by atoms with Crippen LogP contribution >= 0.6 is 0 Å². The van der Waals surface area contributed by atoms with Crippen molar-refractivity contribution in [2.75, 3.05) is 0 Å². The van der Waals surface area contributed by atoms with Crippen molar-refractivity contribution in [3.05, 3.63) is 77.5 Å². The standard InChI is InChI=1S/C20H23N3/c1-15(2)17-8-10-18(11-9-17)20-12-19(13-21)22-23(20)14-16-6-4-3-5-7-16/h3-12,15H,13-14,21H2,1-2H3. The first-order valence-electron chi connectivity index (χ1n) is 8.08. The summed E-state index contributed by atoms with van der Waals surface area (Å²) in [5, 5.41) is 4.65. The maximum atomic E-state index is 5.79. The maximum absolute atomic E-state index is 5.79. The Morgan fingerprint density at radius 2 is 1.70 bits per heavy atom. The Bertz CT molecular complexity index is 755. The Morgan fingerprint density at radius 1 is 1.00 bits per heavy atom. The summed E-state index contributed by atoms with van der Waals surface area (Å²) in [5.41, 5.74) is 11.6. The molecule has 0 aliphatic carbocycles. The van der Waals surface area contributed by atoms with Gasteiger partial charge in [-0.05, 0) is 28.7 Å². The van der Waals surface area contributed by atoms with Crippen LogP contribution in [0.4, 0.5) is 0 Å². The molecule has 0 fully saturated rings. The Labute approximate surface area is 137 Å². The minimum absolute atomic E-state index is 0.457. The van der Waals surface area contributed by atoms with Crippen molar-refractivity contribution in [3.63, 3.8) is 0 Å². The van der Waals surface area contributed by atoms with Crippen LogP contribution < -0.4 is 5.73 Å². The fourth-order valence-electron chi connectivity index (χ4n) is 2.72.